The quantitative estimate of drug-likeness (QED) is 0.625. The molecule has 1 aromatic carbocycles. The first kappa shape index (κ1) is 18.0. The molecule has 5 nitrogen and oxygen atoms in total. The molecular formula is C14H19F3N2O3S. The summed E-state index contributed by atoms with van der Waals surface area (Å²) in [5.74, 6) is -0.374. The van der Waals surface area contributed by atoms with Crippen LogP contribution in [0, 0.1) is 0 Å². The lowest BCUT2D eigenvalue weighted by atomic mass is 9.97. The molecule has 23 heavy (non-hydrogen) atoms. The lowest BCUT2D eigenvalue weighted by Gasteiger charge is -2.30. The largest absolute Gasteiger partial charge is 0.534 e. The van der Waals surface area contributed by atoms with E-state index in [1.165, 1.54) is 12.1 Å². The van der Waals surface area contributed by atoms with Crippen molar-refractivity contribution < 1.29 is 25.8 Å². The van der Waals surface area contributed by atoms with Gasteiger partial charge in [0.2, 0.25) is 0 Å². The van der Waals surface area contributed by atoms with Gasteiger partial charge in [0.15, 0.2) is 0 Å². The summed E-state index contributed by atoms with van der Waals surface area (Å²) >= 11 is 0. The van der Waals surface area contributed by atoms with Crippen molar-refractivity contribution in [2.24, 2.45) is 5.73 Å². The van der Waals surface area contributed by atoms with Crippen molar-refractivity contribution in [2.75, 3.05) is 14.1 Å². The Bertz CT molecular complexity index is 653. The minimum atomic E-state index is -5.64. The van der Waals surface area contributed by atoms with Crippen LogP contribution in [0.2, 0.25) is 0 Å². The molecule has 0 bridgehead atoms. The SMILES string of the molecule is CN(C)[C@H](Cc1ccc(OS(=O)(=O)C(F)(F)F)cc1)C1(N)CC1. The van der Waals surface area contributed by atoms with Crippen LogP contribution >= 0.6 is 0 Å². The highest BCUT2D eigenvalue weighted by Crippen LogP contribution is 2.39. The molecule has 0 aromatic heterocycles. The Morgan fingerprint density at radius 3 is 2.17 bits per heavy atom. The molecule has 1 fully saturated rings. The highest BCUT2D eigenvalue weighted by Gasteiger charge is 2.48. The van der Waals surface area contributed by atoms with Gasteiger partial charge in [-0.05, 0) is 51.1 Å². The van der Waals surface area contributed by atoms with Gasteiger partial charge >= 0.3 is 15.6 Å². The molecule has 0 amide bonds. The molecule has 0 aliphatic heterocycles. The zero-order valence-electron chi connectivity index (χ0n) is 12.8. The number of nitrogens with zero attached hydrogens (tertiary/aromatic N) is 1. The summed E-state index contributed by atoms with van der Waals surface area (Å²) in [6.07, 6.45) is 2.48. The maximum Gasteiger partial charge on any atom is 0.534 e. The Morgan fingerprint density at radius 1 is 1.26 bits per heavy atom. The van der Waals surface area contributed by atoms with E-state index in [9.17, 15) is 21.6 Å². The molecule has 0 radical (unpaired) electrons. The summed E-state index contributed by atoms with van der Waals surface area (Å²) < 4.78 is 62.7. The summed E-state index contributed by atoms with van der Waals surface area (Å²) in [6.45, 7) is 0. The van der Waals surface area contributed by atoms with Gasteiger partial charge < -0.3 is 14.8 Å². The van der Waals surface area contributed by atoms with E-state index in [4.69, 9.17) is 5.73 Å². The number of benzene rings is 1. The highest BCUT2D eigenvalue weighted by molar-refractivity contribution is 7.87. The molecule has 0 heterocycles. The van der Waals surface area contributed by atoms with Crippen molar-refractivity contribution in [3.05, 3.63) is 29.8 Å². The Hall–Kier alpha value is -1.32. The fourth-order valence-corrected chi connectivity index (χ4v) is 2.91. The van der Waals surface area contributed by atoms with Crippen LogP contribution in [0.3, 0.4) is 0 Å². The summed E-state index contributed by atoms with van der Waals surface area (Å²) in [4.78, 5) is 2.02. The third-order valence-electron chi connectivity index (χ3n) is 3.96. The molecule has 0 saturated heterocycles. The minimum Gasteiger partial charge on any atom is -0.376 e. The molecule has 1 aliphatic carbocycles. The van der Waals surface area contributed by atoms with Gasteiger partial charge in [-0.15, -0.1) is 0 Å². The normalized spacial score (nSPS) is 18.7. The third kappa shape index (κ3) is 4.15. The number of nitrogens with two attached hydrogens (primary N) is 1. The zero-order valence-corrected chi connectivity index (χ0v) is 13.6. The van der Waals surface area contributed by atoms with E-state index in [0.29, 0.717) is 6.42 Å². The number of hydrogen-bond acceptors (Lipinski definition) is 5. The van der Waals surface area contributed by atoms with Crippen LogP contribution in [0.5, 0.6) is 5.75 Å². The van der Waals surface area contributed by atoms with Gasteiger partial charge in [-0.2, -0.15) is 21.6 Å². The predicted molar refractivity (Wildman–Crippen MR) is 79.4 cm³/mol. The lowest BCUT2D eigenvalue weighted by molar-refractivity contribution is -0.0500. The first-order valence-electron chi connectivity index (χ1n) is 7.00. The van der Waals surface area contributed by atoms with Gasteiger partial charge in [-0.25, -0.2) is 0 Å². The third-order valence-corrected chi connectivity index (χ3v) is 4.93. The van der Waals surface area contributed by atoms with Crippen molar-refractivity contribution in [3.8, 4) is 5.75 Å². The number of rotatable bonds is 6. The molecular weight excluding hydrogens is 333 g/mol. The first-order chi connectivity index (χ1) is 10.4. The fourth-order valence-electron chi connectivity index (χ4n) is 2.46. The molecule has 2 N–H and O–H groups in total. The maximum atomic E-state index is 12.3. The lowest BCUT2D eigenvalue weighted by Crippen LogP contribution is -2.47. The van der Waals surface area contributed by atoms with Crippen LogP contribution in [0.1, 0.15) is 18.4 Å². The van der Waals surface area contributed by atoms with E-state index >= 15 is 0 Å². The van der Waals surface area contributed by atoms with Gasteiger partial charge in [0, 0.05) is 11.6 Å². The zero-order chi connectivity index (χ0) is 17.5. The Labute approximate surface area is 133 Å². The predicted octanol–water partition coefficient (Wildman–Crippen LogP) is 1.88. The highest BCUT2D eigenvalue weighted by atomic mass is 32.2. The van der Waals surface area contributed by atoms with Crippen molar-refractivity contribution in [3.63, 3.8) is 0 Å². The van der Waals surface area contributed by atoms with E-state index in [1.807, 2.05) is 19.0 Å². The van der Waals surface area contributed by atoms with Crippen LogP contribution in [-0.2, 0) is 16.5 Å². The fraction of sp³-hybridized carbons (Fsp3) is 0.571. The van der Waals surface area contributed by atoms with Crippen LogP contribution in [0.25, 0.3) is 0 Å². The van der Waals surface area contributed by atoms with Crippen molar-refractivity contribution in [1.29, 1.82) is 0 Å². The van der Waals surface area contributed by atoms with Gasteiger partial charge in [0.25, 0.3) is 0 Å². The number of hydrogen-bond donors (Lipinski definition) is 1. The Morgan fingerprint density at radius 2 is 1.78 bits per heavy atom. The van der Waals surface area contributed by atoms with E-state index < -0.39 is 15.6 Å². The van der Waals surface area contributed by atoms with Crippen LogP contribution in [-0.4, -0.2) is 44.5 Å². The number of halogens is 3. The standard InChI is InChI=1S/C14H19F3N2O3S/c1-19(2)12(13(18)7-8-13)9-10-3-5-11(6-4-10)22-23(20,21)14(15,16)17/h3-6,12H,7-9,18H2,1-2H3/t12-/m1/s1. The van der Waals surface area contributed by atoms with Gasteiger partial charge in [0.05, 0.1) is 0 Å². The number of alkyl halides is 3. The van der Waals surface area contributed by atoms with Crippen LogP contribution < -0.4 is 9.92 Å². The smallest absolute Gasteiger partial charge is 0.376 e. The van der Waals surface area contributed by atoms with E-state index in [2.05, 4.69) is 4.18 Å². The molecule has 1 atom stereocenters. The molecule has 0 unspecified atom stereocenters. The maximum absolute atomic E-state index is 12.3. The van der Waals surface area contributed by atoms with Crippen molar-refractivity contribution in [2.45, 2.75) is 36.4 Å². The van der Waals surface area contributed by atoms with Gasteiger partial charge in [0.1, 0.15) is 5.75 Å². The summed E-state index contributed by atoms with van der Waals surface area (Å²) in [6, 6.07) is 5.61. The van der Waals surface area contributed by atoms with Crippen molar-refractivity contribution >= 4 is 10.1 Å². The van der Waals surface area contributed by atoms with E-state index in [-0.39, 0.29) is 17.3 Å². The summed E-state index contributed by atoms with van der Waals surface area (Å²) in [5.41, 5.74) is 1.39. The average molecular weight is 352 g/mol. The topological polar surface area (TPSA) is 72.6 Å². The molecule has 1 saturated carbocycles. The summed E-state index contributed by atoms with van der Waals surface area (Å²) in [7, 11) is -1.80. The first-order valence-corrected chi connectivity index (χ1v) is 8.40. The van der Waals surface area contributed by atoms with E-state index in [0.717, 1.165) is 18.4 Å². The second-order valence-electron chi connectivity index (χ2n) is 6.04. The molecule has 0 spiro atoms. The molecule has 130 valence electrons. The van der Waals surface area contributed by atoms with Gasteiger partial charge in [-0.3, -0.25) is 0 Å². The summed E-state index contributed by atoms with van der Waals surface area (Å²) in [5, 5.41) is 0. The number of likely N-dealkylation sites (N-methyl/N-ethyl adjacent to an activating group) is 1. The molecule has 2 rings (SSSR count). The Balaban J connectivity index is 2.08. The van der Waals surface area contributed by atoms with E-state index in [1.54, 1.807) is 12.1 Å². The molecule has 9 heteroatoms. The molecule has 1 aromatic rings. The monoisotopic (exact) mass is 352 g/mol. The second kappa shape index (κ2) is 5.95. The van der Waals surface area contributed by atoms with Gasteiger partial charge in [-0.1, -0.05) is 12.1 Å². The Kier molecular flexibility index (Phi) is 4.67. The average Bonchev–Trinajstić information content (AvgIpc) is 3.14. The minimum absolute atomic E-state index is 0.105. The van der Waals surface area contributed by atoms with Crippen LogP contribution in [0.15, 0.2) is 24.3 Å². The van der Waals surface area contributed by atoms with Crippen LogP contribution in [0.4, 0.5) is 13.2 Å². The molecule has 1 aliphatic rings. The second-order valence-corrected chi connectivity index (χ2v) is 7.58. The van der Waals surface area contributed by atoms with Crippen molar-refractivity contribution in [1.82, 2.24) is 4.90 Å².